The zero-order chi connectivity index (χ0) is 16.0. The molecule has 0 aliphatic heterocycles. The molecule has 0 amide bonds. The Morgan fingerprint density at radius 2 is 1.82 bits per heavy atom. The van der Waals surface area contributed by atoms with E-state index in [2.05, 4.69) is 10.3 Å². The first-order valence-electron chi connectivity index (χ1n) is 6.96. The van der Waals surface area contributed by atoms with E-state index in [4.69, 9.17) is 5.11 Å². The average molecular weight is 310 g/mol. The van der Waals surface area contributed by atoms with E-state index in [0.29, 0.717) is 18.7 Å². The molecule has 22 heavy (non-hydrogen) atoms. The SMILES string of the molecule is OCCCC(Nc1ccc(C(F)(F)F)cn1)c1ccccc1. The van der Waals surface area contributed by atoms with Gasteiger partial charge in [0.15, 0.2) is 0 Å². The average Bonchev–Trinajstić information content (AvgIpc) is 2.52. The lowest BCUT2D eigenvalue weighted by atomic mass is 10.0. The van der Waals surface area contributed by atoms with E-state index in [-0.39, 0.29) is 12.6 Å². The number of alkyl halides is 3. The van der Waals surface area contributed by atoms with Gasteiger partial charge in [-0.15, -0.1) is 0 Å². The fourth-order valence-corrected chi connectivity index (χ4v) is 2.13. The van der Waals surface area contributed by atoms with Gasteiger partial charge in [-0.25, -0.2) is 4.98 Å². The number of nitrogens with zero attached hydrogens (tertiary/aromatic N) is 1. The first-order chi connectivity index (χ1) is 10.5. The summed E-state index contributed by atoms with van der Waals surface area (Å²) in [5.74, 6) is 0.375. The van der Waals surface area contributed by atoms with E-state index < -0.39 is 11.7 Å². The Balaban J connectivity index is 2.13. The molecule has 1 aromatic carbocycles. The van der Waals surface area contributed by atoms with Crippen LogP contribution in [-0.2, 0) is 6.18 Å². The number of pyridine rings is 1. The number of rotatable bonds is 6. The molecule has 118 valence electrons. The van der Waals surface area contributed by atoms with Crippen LogP contribution in [-0.4, -0.2) is 16.7 Å². The van der Waals surface area contributed by atoms with Crippen LogP contribution in [0.4, 0.5) is 19.0 Å². The third kappa shape index (κ3) is 4.46. The van der Waals surface area contributed by atoms with Gasteiger partial charge in [0.25, 0.3) is 0 Å². The maximum Gasteiger partial charge on any atom is 0.417 e. The Morgan fingerprint density at radius 3 is 2.36 bits per heavy atom. The molecule has 0 radical (unpaired) electrons. The summed E-state index contributed by atoms with van der Waals surface area (Å²) in [5.41, 5.74) is 0.224. The van der Waals surface area contributed by atoms with Gasteiger partial charge in [0.05, 0.1) is 11.6 Å². The summed E-state index contributed by atoms with van der Waals surface area (Å²) in [6.45, 7) is 0.0610. The number of nitrogens with one attached hydrogen (secondary N) is 1. The van der Waals surface area contributed by atoms with Crippen molar-refractivity contribution in [3.8, 4) is 0 Å². The molecule has 2 rings (SSSR count). The van der Waals surface area contributed by atoms with Crippen molar-refractivity contribution in [1.29, 1.82) is 0 Å². The molecule has 0 spiro atoms. The Bertz CT molecular complexity index is 570. The normalized spacial score (nSPS) is 12.9. The van der Waals surface area contributed by atoms with E-state index in [0.717, 1.165) is 17.8 Å². The molecule has 0 aliphatic rings. The van der Waals surface area contributed by atoms with Crippen LogP contribution in [0, 0.1) is 0 Å². The molecule has 1 unspecified atom stereocenters. The number of anilines is 1. The molecule has 6 heteroatoms. The van der Waals surface area contributed by atoms with Crippen molar-refractivity contribution in [2.24, 2.45) is 0 Å². The summed E-state index contributed by atoms with van der Waals surface area (Å²) in [5, 5.41) is 12.1. The molecule has 1 atom stereocenters. The Kier molecular flexibility index (Phi) is 5.38. The van der Waals surface area contributed by atoms with Crippen LogP contribution in [0.1, 0.15) is 30.0 Å². The highest BCUT2D eigenvalue weighted by molar-refractivity contribution is 5.39. The van der Waals surface area contributed by atoms with Crippen molar-refractivity contribution in [1.82, 2.24) is 4.98 Å². The number of benzene rings is 1. The van der Waals surface area contributed by atoms with Gasteiger partial charge in [0.2, 0.25) is 0 Å². The van der Waals surface area contributed by atoms with Crippen LogP contribution in [0.2, 0.25) is 0 Å². The molecular weight excluding hydrogens is 293 g/mol. The summed E-state index contributed by atoms with van der Waals surface area (Å²) >= 11 is 0. The number of aromatic nitrogens is 1. The maximum atomic E-state index is 12.5. The van der Waals surface area contributed by atoms with Gasteiger partial charge in [0.1, 0.15) is 5.82 Å². The number of halogens is 3. The molecule has 1 heterocycles. The summed E-state index contributed by atoms with van der Waals surface area (Å²) in [6.07, 6.45) is -2.33. The standard InChI is InChI=1S/C16H17F3N2O/c17-16(18,19)13-8-9-15(20-11-13)21-14(7-4-10-22)12-5-2-1-3-6-12/h1-3,5-6,8-9,11,14,22H,4,7,10H2,(H,20,21). The van der Waals surface area contributed by atoms with E-state index in [1.807, 2.05) is 30.3 Å². The molecule has 0 fully saturated rings. The Hall–Kier alpha value is -2.08. The van der Waals surface area contributed by atoms with Crippen molar-refractivity contribution in [3.05, 3.63) is 59.8 Å². The van der Waals surface area contributed by atoms with E-state index in [9.17, 15) is 13.2 Å². The third-order valence-corrected chi connectivity index (χ3v) is 3.27. The summed E-state index contributed by atoms with van der Waals surface area (Å²) < 4.78 is 37.6. The number of hydrogen-bond acceptors (Lipinski definition) is 3. The summed E-state index contributed by atoms with van der Waals surface area (Å²) in [6, 6.07) is 11.7. The Morgan fingerprint density at radius 1 is 1.09 bits per heavy atom. The summed E-state index contributed by atoms with van der Waals surface area (Å²) in [7, 11) is 0. The van der Waals surface area contributed by atoms with Crippen molar-refractivity contribution < 1.29 is 18.3 Å². The van der Waals surface area contributed by atoms with Gasteiger partial charge >= 0.3 is 6.18 Å². The lowest BCUT2D eigenvalue weighted by molar-refractivity contribution is -0.137. The van der Waals surface area contributed by atoms with E-state index >= 15 is 0 Å². The van der Waals surface area contributed by atoms with Gasteiger partial charge < -0.3 is 10.4 Å². The first kappa shape index (κ1) is 16.3. The highest BCUT2D eigenvalue weighted by atomic mass is 19.4. The zero-order valence-electron chi connectivity index (χ0n) is 11.8. The van der Waals surface area contributed by atoms with E-state index in [1.165, 1.54) is 6.07 Å². The Labute approximate surface area is 126 Å². The topological polar surface area (TPSA) is 45.1 Å². The van der Waals surface area contributed by atoms with Crippen LogP contribution in [0.5, 0.6) is 0 Å². The zero-order valence-corrected chi connectivity index (χ0v) is 11.8. The quantitative estimate of drug-likeness (QED) is 0.847. The van der Waals surface area contributed by atoms with Gasteiger partial charge in [-0.2, -0.15) is 13.2 Å². The molecule has 0 aliphatic carbocycles. The van der Waals surface area contributed by atoms with Crippen molar-refractivity contribution in [2.75, 3.05) is 11.9 Å². The molecule has 2 N–H and O–H groups in total. The predicted octanol–water partition coefficient (Wildman–Crippen LogP) is 4.03. The lowest BCUT2D eigenvalue weighted by Gasteiger charge is -2.20. The van der Waals surface area contributed by atoms with Crippen molar-refractivity contribution in [3.63, 3.8) is 0 Å². The second kappa shape index (κ2) is 7.26. The third-order valence-electron chi connectivity index (χ3n) is 3.27. The van der Waals surface area contributed by atoms with Gasteiger partial charge in [-0.1, -0.05) is 30.3 Å². The highest BCUT2D eigenvalue weighted by Crippen LogP contribution is 2.29. The summed E-state index contributed by atoms with van der Waals surface area (Å²) in [4.78, 5) is 3.82. The monoisotopic (exact) mass is 310 g/mol. The van der Waals surface area contributed by atoms with Crippen molar-refractivity contribution >= 4 is 5.82 Å². The fraction of sp³-hybridized carbons (Fsp3) is 0.312. The molecule has 3 nitrogen and oxygen atoms in total. The lowest BCUT2D eigenvalue weighted by Crippen LogP contribution is -2.13. The second-order valence-corrected chi connectivity index (χ2v) is 4.90. The smallest absolute Gasteiger partial charge is 0.396 e. The minimum Gasteiger partial charge on any atom is -0.396 e. The molecule has 1 aromatic heterocycles. The molecule has 2 aromatic rings. The minimum absolute atomic E-state index is 0.0610. The first-order valence-corrected chi connectivity index (χ1v) is 6.96. The van der Waals surface area contributed by atoms with Crippen LogP contribution < -0.4 is 5.32 Å². The van der Waals surface area contributed by atoms with Crippen LogP contribution >= 0.6 is 0 Å². The van der Waals surface area contributed by atoms with Crippen LogP contribution in [0.25, 0.3) is 0 Å². The van der Waals surface area contributed by atoms with Gasteiger partial charge in [-0.3, -0.25) is 0 Å². The van der Waals surface area contributed by atoms with Crippen molar-refractivity contribution in [2.45, 2.75) is 25.1 Å². The van der Waals surface area contributed by atoms with Gasteiger partial charge in [-0.05, 0) is 30.5 Å². The predicted molar refractivity (Wildman–Crippen MR) is 78.4 cm³/mol. The number of aliphatic hydroxyl groups is 1. The number of aliphatic hydroxyl groups excluding tert-OH is 1. The minimum atomic E-state index is -4.39. The second-order valence-electron chi connectivity index (χ2n) is 4.90. The highest BCUT2D eigenvalue weighted by Gasteiger charge is 2.30. The van der Waals surface area contributed by atoms with Crippen LogP contribution in [0.3, 0.4) is 0 Å². The largest absolute Gasteiger partial charge is 0.417 e. The fourth-order valence-electron chi connectivity index (χ4n) is 2.13. The number of hydrogen-bond donors (Lipinski definition) is 2. The maximum absolute atomic E-state index is 12.5. The van der Waals surface area contributed by atoms with Gasteiger partial charge in [0, 0.05) is 12.8 Å². The molecule has 0 bridgehead atoms. The van der Waals surface area contributed by atoms with E-state index in [1.54, 1.807) is 0 Å². The molecule has 0 saturated carbocycles. The molecule has 0 saturated heterocycles. The van der Waals surface area contributed by atoms with Crippen LogP contribution in [0.15, 0.2) is 48.7 Å². The molecular formula is C16H17F3N2O.